The third-order valence-corrected chi connectivity index (χ3v) is 2.88. The molecular weight excluding hydrogens is 243 g/mol. The quantitative estimate of drug-likeness (QED) is 0.870. The monoisotopic (exact) mass is 262 g/mol. The summed E-state index contributed by atoms with van der Waals surface area (Å²) in [5, 5.41) is 7.64. The Morgan fingerprint density at radius 3 is 2.58 bits per heavy atom. The van der Waals surface area contributed by atoms with Gasteiger partial charge in [0.25, 0.3) is 0 Å². The van der Waals surface area contributed by atoms with E-state index in [-0.39, 0.29) is 5.82 Å². The van der Waals surface area contributed by atoms with Crippen molar-refractivity contribution in [3.8, 4) is 5.69 Å². The third-order valence-electron chi connectivity index (χ3n) is 2.88. The second kappa shape index (κ2) is 5.84. The number of nitrogens with two attached hydrogens (primary N) is 1. The lowest BCUT2D eigenvalue weighted by Crippen LogP contribution is -2.14. The lowest BCUT2D eigenvalue weighted by Gasteiger charge is -2.13. The van der Waals surface area contributed by atoms with E-state index < -0.39 is 0 Å². The molecule has 3 N–H and O–H groups in total. The van der Waals surface area contributed by atoms with Gasteiger partial charge in [-0.15, -0.1) is 0 Å². The van der Waals surface area contributed by atoms with E-state index in [0.29, 0.717) is 19.0 Å². The topological polar surface area (TPSA) is 55.9 Å². The Morgan fingerprint density at radius 1 is 1.32 bits per heavy atom. The molecule has 1 aromatic heterocycles. The molecule has 1 aromatic carbocycles. The van der Waals surface area contributed by atoms with Gasteiger partial charge in [0, 0.05) is 13.1 Å². The van der Waals surface area contributed by atoms with E-state index in [9.17, 15) is 4.39 Å². The molecule has 0 unspecified atom stereocenters. The SMILES string of the molecule is CC(C)c1c(NCCN)cnn1-c1ccc(F)cc1. The van der Waals surface area contributed by atoms with Crippen LogP contribution in [0.3, 0.4) is 0 Å². The van der Waals surface area contributed by atoms with Crippen molar-refractivity contribution in [2.45, 2.75) is 19.8 Å². The smallest absolute Gasteiger partial charge is 0.123 e. The number of rotatable bonds is 5. The Balaban J connectivity index is 2.39. The molecule has 19 heavy (non-hydrogen) atoms. The summed E-state index contributed by atoms with van der Waals surface area (Å²) in [6.07, 6.45) is 1.79. The first kappa shape index (κ1) is 13.5. The van der Waals surface area contributed by atoms with Crippen LogP contribution in [0.25, 0.3) is 5.69 Å². The van der Waals surface area contributed by atoms with E-state index in [1.54, 1.807) is 18.3 Å². The molecule has 0 aliphatic heterocycles. The average molecular weight is 262 g/mol. The zero-order chi connectivity index (χ0) is 13.8. The van der Waals surface area contributed by atoms with E-state index in [2.05, 4.69) is 24.3 Å². The average Bonchev–Trinajstić information content (AvgIpc) is 2.81. The van der Waals surface area contributed by atoms with Gasteiger partial charge in [-0.3, -0.25) is 0 Å². The number of hydrogen-bond donors (Lipinski definition) is 2. The molecule has 5 heteroatoms. The second-order valence-corrected chi connectivity index (χ2v) is 4.70. The molecule has 102 valence electrons. The third kappa shape index (κ3) is 2.93. The maximum atomic E-state index is 13.0. The Labute approximate surface area is 112 Å². The Bertz CT molecular complexity index is 531. The maximum Gasteiger partial charge on any atom is 0.123 e. The van der Waals surface area contributed by atoms with E-state index >= 15 is 0 Å². The number of hydrogen-bond acceptors (Lipinski definition) is 3. The summed E-state index contributed by atoms with van der Waals surface area (Å²) in [4.78, 5) is 0. The van der Waals surface area contributed by atoms with Crippen molar-refractivity contribution in [2.75, 3.05) is 18.4 Å². The molecule has 4 nitrogen and oxygen atoms in total. The highest BCUT2D eigenvalue weighted by Crippen LogP contribution is 2.26. The second-order valence-electron chi connectivity index (χ2n) is 4.70. The Hall–Kier alpha value is -1.88. The summed E-state index contributed by atoms with van der Waals surface area (Å²) in [6, 6.07) is 6.32. The fourth-order valence-electron chi connectivity index (χ4n) is 2.04. The summed E-state index contributed by atoms with van der Waals surface area (Å²) < 4.78 is 14.8. The number of nitrogens with one attached hydrogen (secondary N) is 1. The van der Waals surface area contributed by atoms with Crippen LogP contribution in [0.4, 0.5) is 10.1 Å². The predicted octanol–water partition coefficient (Wildman–Crippen LogP) is 2.51. The number of benzene rings is 1. The van der Waals surface area contributed by atoms with Crippen molar-refractivity contribution >= 4 is 5.69 Å². The largest absolute Gasteiger partial charge is 0.381 e. The standard InChI is InChI=1S/C14H19FN4/c1-10(2)14-13(17-8-7-16)9-18-19(14)12-5-3-11(15)4-6-12/h3-6,9-10,17H,7-8,16H2,1-2H3. The summed E-state index contributed by atoms with van der Waals surface area (Å²) >= 11 is 0. The van der Waals surface area contributed by atoms with Gasteiger partial charge >= 0.3 is 0 Å². The Kier molecular flexibility index (Phi) is 4.16. The number of anilines is 1. The van der Waals surface area contributed by atoms with Crippen molar-refractivity contribution in [1.82, 2.24) is 9.78 Å². The molecule has 2 aromatic rings. The fourth-order valence-corrected chi connectivity index (χ4v) is 2.04. The van der Waals surface area contributed by atoms with Crippen molar-refractivity contribution in [2.24, 2.45) is 5.73 Å². The molecule has 1 heterocycles. The van der Waals surface area contributed by atoms with Gasteiger partial charge in [-0.25, -0.2) is 9.07 Å². The van der Waals surface area contributed by atoms with Crippen molar-refractivity contribution in [3.63, 3.8) is 0 Å². The molecule has 2 rings (SSSR count). The lowest BCUT2D eigenvalue weighted by molar-refractivity contribution is 0.626. The van der Waals surface area contributed by atoms with Crippen LogP contribution in [-0.4, -0.2) is 22.9 Å². The fraction of sp³-hybridized carbons (Fsp3) is 0.357. The van der Waals surface area contributed by atoms with E-state index in [0.717, 1.165) is 17.1 Å². The van der Waals surface area contributed by atoms with Gasteiger partial charge in [-0.2, -0.15) is 5.10 Å². The minimum absolute atomic E-state index is 0.247. The molecule has 0 bridgehead atoms. The number of nitrogens with zero attached hydrogens (tertiary/aromatic N) is 2. The van der Waals surface area contributed by atoms with Crippen LogP contribution >= 0.6 is 0 Å². The highest BCUT2D eigenvalue weighted by atomic mass is 19.1. The summed E-state index contributed by atoms with van der Waals surface area (Å²) in [5.74, 6) is 0.0521. The van der Waals surface area contributed by atoms with Crippen LogP contribution < -0.4 is 11.1 Å². The van der Waals surface area contributed by atoms with E-state index in [1.807, 2.05) is 4.68 Å². The molecule has 0 saturated heterocycles. The van der Waals surface area contributed by atoms with Crippen molar-refractivity contribution in [1.29, 1.82) is 0 Å². The summed E-state index contributed by atoms with van der Waals surface area (Å²) in [7, 11) is 0. The maximum absolute atomic E-state index is 13.0. The molecule has 0 aliphatic rings. The zero-order valence-electron chi connectivity index (χ0n) is 11.2. The molecule has 0 fully saturated rings. The van der Waals surface area contributed by atoms with Crippen molar-refractivity contribution in [3.05, 3.63) is 42.0 Å². The minimum Gasteiger partial charge on any atom is -0.381 e. The normalized spacial score (nSPS) is 11.0. The first-order valence-corrected chi connectivity index (χ1v) is 6.41. The molecule has 0 amide bonds. The van der Waals surface area contributed by atoms with Gasteiger partial charge in [-0.05, 0) is 30.2 Å². The highest BCUT2D eigenvalue weighted by Gasteiger charge is 2.15. The Morgan fingerprint density at radius 2 is 2.00 bits per heavy atom. The van der Waals surface area contributed by atoms with Crippen LogP contribution in [-0.2, 0) is 0 Å². The van der Waals surface area contributed by atoms with Gasteiger partial charge in [-0.1, -0.05) is 13.8 Å². The summed E-state index contributed by atoms with van der Waals surface area (Å²) in [6.45, 7) is 5.48. The molecule has 0 aliphatic carbocycles. The van der Waals surface area contributed by atoms with Gasteiger partial charge in [0.05, 0.1) is 23.3 Å². The lowest BCUT2D eigenvalue weighted by atomic mass is 10.1. The summed E-state index contributed by atoms with van der Waals surface area (Å²) in [5.41, 5.74) is 8.40. The van der Waals surface area contributed by atoms with Gasteiger partial charge in [0.15, 0.2) is 0 Å². The highest BCUT2D eigenvalue weighted by molar-refractivity contribution is 5.51. The van der Waals surface area contributed by atoms with E-state index in [4.69, 9.17) is 5.73 Å². The van der Waals surface area contributed by atoms with Crippen molar-refractivity contribution < 1.29 is 4.39 Å². The van der Waals surface area contributed by atoms with Gasteiger partial charge in [0.2, 0.25) is 0 Å². The van der Waals surface area contributed by atoms with Crippen LogP contribution in [0, 0.1) is 5.82 Å². The molecule has 0 spiro atoms. The van der Waals surface area contributed by atoms with Crippen LogP contribution in [0.5, 0.6) is 0 Å². The van der Waals surface area contributed by atoms with Crippen LogP contribution in [0.2, 0.25) is 0 Å². The van der Waals surface area contributed by atoms with Crippen LogP contribution in [0.1, 0.15) is 25.5 Å². The number of aromatic nitrogens is 2. The molecule has 0 saturated carbocycles. The molecular formula is C14H19FN4. The number of halogens is 1. The first-order chi connectivity index (χ1) is 9.13. The first-order valence-electron chi connectivity index (χ1n) is 6.41. The molecule has 0 radical (unpaired) electrons. The zero-order valence-corrected chi connectivity index (χ0v) is 11.2. The van der Waals surface area contributed by atoms with Gasteiger partial charge < -0.3 is 11.1 Å². The van der Waals surface area contributed by atoms with Gasteiger partial charge in [0.1, 0.15) is 5.82 Å². The minimum atomic E-state index is -0.247. The molecule has 0 atom stereocenters. The van der Waals surface area contributed by atoms with Crippen LogP contribution in [0.15, 0.2) is 30.5 Å². The van der Waals surface area contributed by atoms with E-state index in [1.165, 1.54) is 12.1 Å². The predicted molar refractivity (Wildman–Crippen MR) is 75.2 cm³/mol.